The van der Waals surface area contributed by atoms with Crippen molar-refractivity contribution >= 4 is 32.1 Å². The van der Waals surface area contributed by atoms with E-state index in [0.717, 1.165) is 5.69 Å². The van der Waals surface area contributed by atoms with Gasteiger partial charge in [-0.25, -0.2) is 23.1 Å². The van der Waals surface area contributed by atoms with E-state index in [-0.39, 0.29) is 17.4 Å². The predicted octanol–water partition coefficient (Wildman–Crippen LogP) is 1.06. The van der Waals surface area contributed by atoms with Gasteiger partial charge in [-0.2, -0.15) is 0 Å². The first-order chi connectivity index (χ1) is 9.88. The maximum atomic E-state index is 12.4. The molecule has 0 aromatic carbocycles. The zero-order valence-electron chi connectivity index (χ0n) is 11.3. The van der Waals surface area contributed by atoms with Crippen LogP contribution in [0.15, 0.2) is 21.0 Å². The quantitative estimate of drug-likeness (QED) is 0.740. The average molecular weight is 327 g/mol. The minimum atomic E-state index is -3.81. The van der Waals surface area contributed by atoms with Gasteiger partial charge in [0.05, 0.1) is 12.2 Å². The first-order valence-corrected chi connectivity index (χ1v) is 8.38. The number of sulfonamides is 1. The van der Waals surface area contributed by atoms with Crippen LogP contribution in [-0.4, -0.2) is 22.8 Å². The van der Waals surface area contributed by atoms with Crippen molar-refractivity contribution in [1.29, 1.82) is 0 Å². The molecule has 3 heterocycles. The summed E-state index contributed by atoms with van der Waals surface area (Å²) >= 11 is 1.31. The molecule has 10 heteroatoms. The van der Waals surface area contributed by atoms with Crippen LogP contribution in [0.5, 0.6) is 0 Å². The third-order valence-electron chi connectivity index (χ3n) is 2.98. The Bertz CT molecular complexity index is 886. The second kappa shape index (κ2) is 4.83. The Labute approximate surface area is 124 Å². The zero-order chi connectivity index (χ0) is 15.2. The van der Waals surface area contributed by atoms with Gasteiger partial charge in [0.25, 0.3) is 10.0 Å². The lowest BCUT2D eigenvalue weighted by Crippen LogP contribution is -2.25. The molecule has 3 aromatic heterocycles. The molecule has 0 saturated carbocycles. The van der Waals surface area contributed by atoms with Gasteiger partial charge in [-0.3, -0.25) is 4.40 Å². The van der Waals surface area contributed by atoms with E-state index >= 15 is 0 Å². The number of fused-ring (bicyclic) bond motifs is 1. The van der Waals surface area contributed by atoms with Gasteiger partial charge in [-0.1, -0.05) is 0 Å². The van der Waals surface area contributed by atoms with Crippen molar-refractivity contribution in [3.05, 3.63) is 28.9 Å². The van der Waals surface area contributed by atoms with Crippen LogP contribution in [0.3, 0.4) is 0 Å². The van der Waals surface area contributed by atoms with Crippen LogP contribution in [0.1, 0.15) is 17.3 Å². The van der Waals surface area contributed by atoms with E-state index in [1.807, 2.05) is 0 Å². The highest BCUT2D eigenvalue weighted by Gasteiger charge is 2.25. The van der Waals surface area contributed by atoms with Gasteiger partial charge in [0, 0.05) is 11.6 Å². The summed E-state index contributed by atoms with van der Waals surface area (Å²) in [5.74, 6) is 0.931. The molecule has 0 amide bonds. The number of rotatable bonds is 4. The van der Waals surface area contributed by atoms with Crippen molar-refractivity contribution in [3.8, 4) is 0 Å². The predicted molar refractivity (Wildman–Crippen MR) is 77.5 cm³/mol. The first kappa shape index (κ1) is 14.0. The molecule has 0 atom stereocenters. The fraction of sp³-hybridized carbons (Fsp3) is 0.273. The third kappa shape index (κ3) is 2.41. The molecule has 0 aliphatic rings. The van der Waals surface area contributed by atoms with Crippen LogP contribution in [-0.2, 0) is 16.6 Å². The number of hydrogen-bond acceptors (Lipinski definition) is 7. The molecule has 112 valence electrons. The van der Waals surface area contributed by atoms with Gasteiger partial charge in [-0.05, 0) is 13.8 Å². The first-order valence-electron chi connectivity index (χ1n) is 6.02. The van der Waals surface area contributed by atoms with Crippen molar-refractivity contribution in [2.75, 3.05) is 5.73 Å². The number of hydrogen-bond donors (Lipinski definition) is 2. The standard InChI is InChI=1S/C11H13N5O3S2/c1-6-7(2)19-8(14-6)5-13-21(17,18)10-9(12)15-11-16(10)3-4-20-11/h3-4,13H,5,12H2,1-2H3. The van der Waals surface area contributed by atoms with E-state index in [1.54, 1.807) is 25.4 Å². The number of aryl methyl sites for hydroxylation is 2. The molecule has 3 N–H and O–H groups in total. The Balaban J connectivity index is 1.90. The molecule has 0 saturated heterocycles. The molecule has 0 bridgehead atoms. The summed E-state index contributed by atoms with van der Waals surface area (Å²) in [7, 11) is -3.81. The minimum absolute atomic E-state index is 0.0332. The number of nitrogen functional groups attached to an aromatic ring is 1. The molecule has 0 fully saturated rings. The summed E-state index contributed by atoms with van der Waals surface area (Å²) in [4.78, 5) is 8.66. The van der Waals surface area contributed by atoms with E-state index in [9.17, 15) is 8.42 Å². The molecule has 3 aromatic rings. The van der Waals surface area contributed by atoms with Crippen molar-refractivity contribution < 1.29 is 12.8 Å². The van der Waals surface area contributed by atoms with Crippen LogP contribution in [0.4, 0.5) is 5.82 Å². The number of imidazole rings is 1. The molecule has 0 radical (unpaired) electrons. The maximum absolute atomic E-state index is 12.4. The minimum Gasteiger partial charge on any atom is -0.444 e. The molecule has 0 aliphatic carbocycles. The lowest BCUT2D eigenvalue weighted by molar-refractivity contribution is 0.462. The number of anilines is 1. The summed E-state index contributed by atoms with van der Waals surface area (Å²) < 4.78 is 33.9. The van der Waals surface area contributed by atoms with Gasteiger partial charge in [-0.15, -0.1) is 11.3 Å². The van der Waals surface area contributed by atoms with Crippen LogP contribution in [0.25, 0.3) is 4.96 Å². The van der Waals surface area contributed by atoms with E-state index < -0.39 is 10.0 Å². The highest BCUT2D eigenvalue weighted by atomic mass is 32.2. The lowest BCUT2D eigenvalue weighted by atomic mass is 10.4. The van der Waals surface area contributed by atoms with Gasteiger partial charge >= 0.3 is 0 Å². The maximum Gasteiger partial charge on any atom is 0.260 e. The van der Waals surface area contributed by atoms with E-state index in [0.29, 0.717) is 16.6 Å². The number of oxazole rings is 1. The van der Waals surface area contributed by atoms with Crippen LogP contribution in [0.2, 0.25) is 0 Å². The number of nitrogens with two attached hydrogens (primary N) is 1. The molecule has 0 unspecified atom stereocenters. The Morgan fingerprint density at radius 3 is 2.86 bits per heavy atom. The summed E-state index contributed by atoms with van der Waals surface area (Å²) in [6.07, 6.45) is 1.61. The monoisotopic (exact) mass is 327 g/mol. The van der Waals surface area contributed by atoms with Gasteiger partial charge < -0.3 is 10.2 Å². The molecular weight excluding hydrogens is 314 g/mol. The summed E-state index contributed by atoms with van der Waals surface area (Å²) in [6, 6.07) is 0. The summed E-state index contributed by atoms with van der Waals surface area (Å²) in [6.45, 7) is 3.51. The largest absolute Gasteiger partial charge is 0.444 e. The second-order valence-corrected chi connectivity index (χ2v) is 6.99. The molecule has 8 nitrogen and oxygen atoms in total. The zero-order valence-corrected chi connectivity index (χ0v) is 13.0. The Morgan fingerprint density at radius 2 is 2.19 bits per heavy atom. The number of aromatic nitrogens is 3. The van der Waals surface area contributed by atoms with Gasteiger partial charge in [0.2, 0.25) is 5.89 Å². The van der Waals surface area contributed by atoms with E-state index in [1.165, 1.54) is 15.7 Å². The number of nitrogens with zero attached hydrogens (tertiary/aromatic N) is 3. The Kier molecular flexibility index (Phi) is 3.23. The topological polar surface area (TPSA) is 116 Å². The van der Waals surface area contributed by atoms with Crippen LogP contribution < -0.4 is 10.5 Å². The third-order valence-corrected chi connectivity index (χ3v) is 5.18. The highest BCUT2D eigenvalue weighted by molar-refractivity contribution is 7.89. The van der Waals surface area contributed by atoms with Crippen LogP contribution >= 0.6 is 11.3 Å². The fourth-order valence-corrected chi connectivity index (χ4v) is 3.85. The Hall–Kier alpha value is -1.91. The Morgan fingerprint density at radius 1 is 1.43 bits per heavy atom. The lowest BCUT2D eigenvalue weighted by Gasteiger charge is -2.04. The summed E-state index contributed by atoms with van der Waals surface area (Å²) in [5.41, 5.74) is 6.43. The SMILES string of the molecule is Cc1nc(CNS(=O)(=O)c2c(N)nc3sccn23)oc1C. The molecule has 21 heavy (non-hydrogen) atoms. The van der Waals surface area contributed by atoms with Gasteiger partial charge in [0.1, 0.15) is 5.76 Å². The highest BCUT2D eigenvalue weighted by Crippen LogP contribution is 2.23. The van der Waals surface area contributed by atoms with Crippen LogP contribution in [0, 0.1) is 13.8 Å². The molecular formula is C11H13N5O3S2. The van der Waals surface area contributed by atoms with Gasteiger partial charge in [0.15, 0.2) is 15.8 Å². The molecule has 0 aliphatic heterocycles. The summed E-state index contributed by atoms with van der Waals surface area (Å²) in [5, 5.41) is 1.67. The second-order valence-electron chi connectivity index (χ2n) is 4.43. The van der Waals surface area contributed by atoms with Crippen molar-refractivity contribution in [1.82, 2.24) is 19.1 Å². The smallest absolute Gasteiger partial charge is 0.260 e. The average Bonchev–Trinajstić information content (AvgIpc) is 3.02. The van der Waals surface area contributed by atoms with E-state index in [4.69, 9.17) is 10.2 Å². The number of thiazole rings is 1. The normalized spacial score (nSPS) is 12.3. The van der Waals surface area contributed by atoms with E-state index in [2.05, 4.69) is 14.7 Å². The molecule has 3 rings (SSSR count). The number of nitrogens with one attached hydrogen (secondary N) is 1. The van der Waals surface area contributed by atoms with Crippen molar-refractivity contribution in [2.45, 2.75) is 25.4 Å². The fourth-order valence-electron chi connectivity index (χ4n) is 1.89. The van der Waals surface area contributed by atoms with Crippen molar-refractivity contribution in [3.63, 3.8) is 0 Å². The van der Waals surface area contributed by atoms with Crippen molar-refractivity contribution in [2.24, 2.45) is 0 Å². The molecule has 0 spiro atoms.